The van der Waals surface area contributed by atoms with Crippen molar-refractivity contribution in [3.63, 3.8) is 0 Å². The maximum Gasteiger partial charge on any atom is 0.219 e. The van der Waals surface area contributed by atoms with E-state index in [0.29, 0.717) is 28.6 Å². The summed E-state index contributed by atoms with van der Waals surface area (Å²) in [6.07, 6.45) is 2.13. The molecule has 0 atom stereocenters. The summed E-state index contributed by atoms with van der Waals surface area (Å²) in [5.74, 6) is 0.458. The number of nitrogen functional groups attached to an aromatic ring is 1. The molecule has 4 nitrogen and oxygen atoms in total. The second-order valence-corrected chi connectivity index (χ2v) is 4.87. The first-order chi connectivity index (χ1) is 8.61. The molecule has 0 aliphatic rings. The lowest BCUT2D eigenvalue weighted by molar-refractivity contribution is -0.106. The van der Waals surface area contributed by atoms with Gasteiger partial charge in [-0.2, -0.15) is 0 Å². The Morgan fingerprint density at radius 3 is 2.72 bits per heavy atom. The van der Waals surface area contributed by atoms with Gasteiger partial charge in [-0.3, -0.25) is 9.69 Å². The number of halogens is 2. The lowest BCUT2D eigenvalue weighted by Crippen LogP contribution is -2.16. The topological polar surface area (TPSA) is 59.2 Å². The maximum atomic E-state index is 11.2. The molecule has 6 heteroatoms. The van der Waals surface area contributed by atoms with Crippen molar-refractivity contribution in [1.82, 2.24) is 4.98 Å². The van der Waals surface area contributed by atoms with E-state index in [1.54, 1.807) is 30.3 Å². The number of rotatable bonds is 3. The zero-order chi connectivity index (χ0) is 13.1. The second-order valence-electron chi connectivity index (χ2n) is 3.51. The molecule has 0 aliphatic heterocycles. The number of nitrogens with two attached hydrogens (primary N) is 1. The zero-order valence-corrected chi connectivity index (χ0v) is 11.5. The Morgan fingerprint density at radius 1 is 1.33 bits per heavy atom. The van der Waals surface area contributed by atoms with E-state index in [2.05, 4.69) is 20.9 Å². The van der Waals surface area contributed by atoms with E-state index in [0.717, 1.165) is 4.47 Å². The van der Waals surface area contributed by atoms with Gasteiger partial charge in [-0.15, -0.1) is 0 Å². The lowest BCUT2D eigenvalue weighted by Gasteiger charge is -2.18. The van der Waals surface area contributed by atoms with E-state index in [4.69, 9.17) is 17.3 Å². The molecule has 92 valence electrons. The molecular weight excluding hydrogens is 318 g/mol. The van der Waals surface area contributed by atoms with Crippen molar-refractivity contribution < 1.29 is 4.79 Å². The molecule has 0 bridgehead atoms. The van der Waals surface area contributed by atoms with Crippen LogP contribution >= 0.6 is 27.5 Å². The summed E-state index contributed by atoms with van der Waals surface area (Å²) in [6.45, 7) is 0. The highest BCUT2D eigenvalue weighted by atomic mass is 79.9. The third-order valence-corrected chi connectivity index (χ3v) is 3.03. The summed E-state index contributed by atoms with van der Waals surface area (Å²) in [6, 6.07) is 8.58. The van der Waals surface area contributed by atoms with Crippen molar-refractivity contribution in [2.45, 2.75) is 0 Å². The molecular formula is C12H9BrClN3O. The van der Waals surface area contributed by atoms with E-state index in [-0.39, 0.29) is 0 Å². The number of carbonyl (C=O) groups is 1. The van der Waals surface area contributed by atoms with Gasteiger partial charge in [0, 0.05) is 10.7 Å². The average Bonchev–Trinajstić information content (AvgIpc) is 2.37. The van der Waals surface area contributed by atoms with Crippen molar-refractivity contribution in [1.29, 1.82) is 0 Å². The van der Waals surface area contributed by atoms with Gasteiger partial charge in [-0.1, -0.05) is 27.5 Å². The quantitative estimate of drug-likeness (QED) is 0.695. The first kappa shape index (κ1) is 12.9. The van der Waals surface area contributed by atoms with E-state index < -0.39 is 0 Å². The summed E-state index contributed by atoms with van der Waals surface area (Å²) in [4.78, 5) is 16.7. The van der Waals surface area contributed by atoms with Gasteiger partial charge in [0.25, 0.3) is 0 Å². The molecule has 0 saturated carbocycles. The first-order valence-electron chi connectivity index (χ1n) is 5.03. The Bertz CT molecular complexity index is 574. The number of benzene rings is 1. The Hall–Kier alpha value is -1.59. The fourth-order valence-corrected chi connectivity index (χ4v) is 1.93. The fourth-order valence-electron chi connectivity index (χ4n) is 1.47. The van der Waals surface area contributed by atoms with Crippen LogP contribution < -0.4 is 10.6 Å². The van der Waals surface area contributed by atoms with Crippen LogP contribution in [0.5, 0.6) is 0 Å². The largest absolute Gasteiger partial charge is 0.397 e. The highest BCUT2D eigenvalue weighted by Crippen LogP contribution is 2.31. The molecule has 18 heavy (non-hydrogen) atoms. The van der Waals surface area contributed by atoms with E-state index in [1.165, 1.54) is 11.1 Å². The minimum absolute atomic E-state index is 0.458. The smallest absolute Gasteiger partial charge is 0.219 e. The van der Waals surface area contributed by atoms with Crippen molar-refractivity contribution >= 4 is 51.1 Å². The number of carbonyl (C=O) groups excluding carboxylic acids is 1. The predicted molar refractivity (Wildman–Crippen MR) is 76.0 cm³/mol. The van der Waals surface area contributed by atoms with Gasteiger partial charge >= 0.3 is 0 Å². The van der Waals surface area contributed by atoms with Gasteiger partial charge in [0.05, 0.1) is 16.4 Å². The summed E-state index contributed by atoms with van der Waals surface area (Å²) < 4.78 is 0.826. The Morgan fingerprint density at radius 2 is 2.11 bits per heavy atom. The van der Waals surface area contributed by atoms with Crippen molar-refractivity contribution in [2.24, 2.45) is 0 Å². The van der Waals surface area contributed by atoms with Gasteiger partial charge < -0.3 is 5.73 Å². The number of pyridine rings is 1. The molecule has 1 aromatic carbocycles. The van der Waals surface area contributed by atoms with Gasteiger partial charge in [0.15, 0.2) is 0 Å². The van der Waals surface area contributed by atoms with Crippen LogP contribution in [0.25, 0.3) is 0 Å². The molecule has 2 aromatic rings. The Balaban J connectivity index is 2.48. The molecule has 0 fully saturated rings. The third-order valence-electron chi connectivity index (χ3n) is 2.32. The number of aromatic nitrogens is 1. The van der Waals surface area contributed by atoms with Crippen LogP contribution in [-0.2, 0) is 4.79 Å². The van der Waals surface area contributed by atoms with Crippen LogP contribution in [0.4, 0.5) is 17.2 Å². The highest BCUT2D eigenvalue weighted by molar-refractivity contribution is 9.10. The normalized spacial score (nSPS) is 10.1. The molecule has 1 heterocycles. The molecule has 1 aromatic heterocycles. The molecule has 0 unspecified atom stereocenters. The molecule has 0 spiro atoms. The van der Waals surface area contributed by atoms with E-state index in [1.807, 2.05) is 0 Å². The third kappa shape index (κ3) is 2.63. The van der Waals surface area contributed by atoms with Crippen LogP contribution in [0.3, 0.4) is 0 Å². The number of hydrogen-bond donors (Lipinski definition) is 1. The van der Waals surface area contributed by atoms with Crippen LogP contribution in [0, 0.1) is 0 Å². The van der Waals surface area contributed by atoms with Crippen molar-refractivity contribution in [3.05, 3.63) is 46.0 Å². The van der Waals surface area contributed by atoms with Crippen LogP contribution in [0.2, 0.25) is 5.02 Å². The lowest BCUT2D eigenvalue weighted by atomic mass is 10.2. The number of hydrogen-bond acceptors (Lipinski definition) is 3. The standard InChI is InChI=1S/C12H9BrClN3O/c13-8-1-3-10(15)11(5-8)17(7-18)12-4-2-9(14)6-16-12/h1-7H,15H2. The Labute approximate surface area is 118 Å². The van der Waals surface area contributed by atoms with Gasteiger partial charge in [0.2, 0.25) is 6.41 Å². The number of anilines is 3. The van der Waals surface area contributed by atoms with Gasteiger partial charge in [0.1, 0.15) is 5.82 Å². The highest BCUT2D eigenvalue weighted by Gasteiger charge is 2.13. The van der Waals surface area contributed by atoms with Gasteiger partial charge in [-0.25, -0.2) is 4.98 Å². The van der Waals surface area contributed by atoms with Crippen LogP contribution in [-0.4, -0.2) is 11.4 Å². The number of nitrogens with zero attached hydrogens (tertiary/aromatic N) is 2. The summed E-state index contributed by atoms with van der Waals surface area (Å²) in [5, 5.41) is 0.506. The zero-order valence-electron chi connectivity index (χ0n) is 9.18. The average molecular weight is 327 g/mol. The minimum atomic E-state index is 0.458. The summed E-state index contributed by atoms with van der Waals surface area (Å²) >= 11 is 9.10. The molecule has 0 radical (unpaired) electrons. The number of amides is 1. The first-order valence-corrected chi connectivity index (χ1v) is 6.20. The van der Waals surface area contributed by atoms with E-state index in [9.17, 15) is 4.79 Å². The van der Waals surface area contributed by atoms with Gasteiger partial charge in [-0.05, 0) is 30.3 Å². The fraction of sp³-hybridized carbons (Fsp3) is 0. The molecule has 1 amide bonds. The van der Waals surface area contributed by atoms with Crippen molar-refractivity contribution in [3.8, 4) is 0 Å². The predicted octanol–water partition coefficient (Wildman–Crippen LogP) is 3.37. The molecule has 2 N–H and O–H groups in total. The Kier molecular flexibility index (Phi) is 3.84. The molecule has 2 rings (SSSR count). The summed E-state index contributed by atoms with van der Waals surface area (Å²) in [7, 11) is 0. The van der Waals surface area contributed by atoms with Crippen molar-refractivity contribution in [2.75, 3.05) is 10.6 Å². The minimum Gasteiger partial charge on any atom is -0.397 e. The SMILES string of the molecule is Nc1ccc(Br)cc1N(C=O)c1ccc(Cl)cn1. The molecule has 0 saturated heterocycles. The maximum absolute atomic E-state index is 11.2. The van der Waals surface area contributed by atoms with Crippen LogP contribution in [0.1, 0.15) is 0 Å². The monoisotopic (exact) mass is 325 g/mol. The summed E-state index contributed by atoms with van der Waals surface area (Å²) in [5.41, 5.74) is 6.91. The molecule has 0 aliphatic carbocycles. The van der Waals surface area contributed by atoms with Crippen LogP contribution in [0.15, 0.2) is 41.0 Å². The van der Waals surface area contributed by atoms with E-state index >= 15 is 0 Å². The second kappa shape index (κ2) is 5.37.